The highest BCUT2D eigenvalue weighted by molar-refractivity contribution is 7.60. The second-order valence-corrected chi connectivity index (χ2v) is 9.23. The number of nitrogen functional groups attached to an aromatic ring is 1. The molecular weight excluding hydrogens is 448 g/mol. The first-order valence-corrected chi connectivity index (χ1v) is 11.3. The van der Waals surface area contributed by atoms with E-state index < -0.39 is 52.2 Å². The Hall–Kier alpha value is -1.93. The average molecular weight is 467 g/mol. The summed E-state index contributed by atoms with van der Waals surface area (Å²) in [6, 6.07) is 0. The Labute approximate surface area is 168 Å². The zero-order valence-corrected chi connectivity index (χ0v) is 17.2. The summed E-state index contributed by atoms with van der Waals surface area (Å²) >= 11 is 0. The third-order valence-electron chi connectivity index (χ3n) is 4.37. The van der Waals surface area contributed by atoms with Gasteiger partial charge in [-0.05, 0) is 0 Å². The largest absolute Gasteiger partial charge is 0.756 e. The summed E-state index contributed by atoms with van der Waals surface area (Å²) < 4.78 is 38.9. The Bertz CT molecular complexity index is 1130. The molecule has 1 fully saturated rings. The van der Waals surface area contributed by atoms with Crippen molar-refractivity contribution in [1.29, 1.82) is 0 Å². The molecule has 166 valence electrons. The third kappa shape index (κ3) is 4.54. The minimum absolute atomic E-state index is 0.107. The van der Waals surface area contributed by atoms with Crippen LogP contribution in [0.4, 0.5) is 5.95 Å². The number of imidazole rings is 1. The lowest BCUT2D eigenvalue weighted by Gasteiger charge is -2.21. The van der Waals surface area contributed by atoms with Crippen LogP contribution in [-0.2, 0) is 29.7 Å². The number of nitrogens with zero attached hydrogens (tertiary/aromatic N) is 3. The lowest BCUT2D eigenvalue weighted by molar-refractivity contribution is -0.745. The maximum absolute atomic E-state index is 12.2. The maximum atomic E-state index is 12.2. The van der Waals surface area contributed by atoms with Crippen LogP contribution in [0, 0.1) is 5.92 Å². The van der Waals surface area contributed by atoms with Gasteiger partial charge in [-0.1, -0.05) is 11.1 Å². The number of aryl methyl sites for hydroxylation is 1. The van der Waals surface area contributed by atoms with E-state index in [9.17, 15) is 28.8 Å². The van der Waals surface area contributed by atoms with Gasteiger partial charge in [0.1, 0.15) is 6.10 Å². The number of nitrogens with two attached hydrogens (primary N) is 1. The predicted molar refractivity (Wildman–Crippen MR) is 96.2 cm³/mol. The number of ether oxygens (including phenoxy) is 1. The molecule has 15 nitrogen and oxygen atoms in total. The number of anilines is 1. The molecular formula is C13H19N5O10P2. The van der Waals surface area contributed by atoms with Crippen molar-refractivity contribution in [2.45, 2.75) is 18.4 Å². The Kier molecular flexibility index (Phi) is 6.04. The van der Waals surface area contributed by atoms with Crippen LogP contribution in [0.3, 0.4) is 0 Å². The van der Waals surface area contributed by atoms with E-state index in [0.717, 1.165) is 0 Å². The van der Waals surface area contributed by atoms with E-state index >= 15 is 0 Å². The van der Waals surface area contributed by atoms with Gasteiger partial charge in [0.2, 0.25) is 11.7 Å². The number of rotatable bonds is 7. The highest BCUT2D eigenvalue weighted by Gasteiger charge is 2.47. The number of phosphoric ester groups is 1. The number of fused-ring (bicyclic) bond motifs is 1. The molecule has 0 aliphatic carbocycles. The number of aliphatic hydroxyl groups is 1. The zero-order valence-electron chi connectivity index (χ0n) is 15.4. The summed E-state index contributed by atoms with van der Waals surface area (Å²) in [6.07, 6.45) is -0.702. The Morgan fingerprint density at radius 1 is 1.53 bits per heavy atom. The molecule has 0 bridgehead atoms. The van der Waals surface area contributed by atoms with Gasteiger partial charge in [0, 0.05) is 5.92 Å². The van der Waals surface area contributed by atoms with Crippen molar-refractivity contribution in [3.05, 3.63) is 29.3 Å². The molecule has 0 aromatic carbocycles. The molecule has 17 heteroatoms. The number of hydrogen-bond donors (Lipinski definition) is 5. The number of aromatic amines is 1. The molecule has 30 heavy (non-hydrogen) atoms. The van der Waals surface area contributed by atoms with Crippen LogP contribution in [0.15, 0.2) is 23.8 Å². The molecule has 0 radical (unpaired) electrons. The van der Waals surface area contributed by atoms with Crippen molar-refractivity contribution in [3.63, 3.8) is 0 Å². The first kappa shape index (κ1) is 22.7. The lowest BCUT2D eigenvalue weighted by Crippen LogP contribution is -2.45. The highest BCUT2D eigenvalue weighted by atomic mass is 31.3. The van der Waals surface area contributed by atoms with Crippen LogP contribution < -0.4 is 20.8 Å². The summed E-state index contributed by atoms with van der Waals surface area (Å²) in [7, 11) is -9.14. The number of aliphatic hydroxyl groups excluding tert-OH is 1. The fourth-order valence-corrected chi connectivity index (χ4v) is 4.78. The standard InChI is InChI=1S/C13H19N5O10P2/c1-3-6-7(4-26-30(24,25)28-29(21,22)23)27-12(9(6)19)18-5-17(2)8-10(18)15-13(14)16-11(8)20/h3,5-7,9,12,19H,1,4H2,2H3,(H5-,14,15,16,20,21,22,23,24,25)/t6-,7?,9-,12-/m1/s1. The first-order valence-electron chi connectivity index (χ1n) is 8.27. The van der Waals surface area contributed by atoms with E-state index in [2.05, 4.69) is 25.4 Å². The number of aromatic nitrogens is 4. The fraction of sp³-hybridized carbons (Fsp3) is 0.462. The lowest BCUT2D eigenvalue weighted by atomic mass is 9.99. The van der Waals surface area contributed by atoms with Crippen molar-refractivity contribution >= 4 is 32.8 Å². The van der Waals surface area contributed by atoms with Gasteiger partial charge in [-0.25, -0.2) is 13.4 Å². The van der Waals surface area contributed by atoms with E-state index in [0.29, 0.717) is 0 Å². The number of hydrogen-bond acceptors (Lipinski definition) is 10. The predicted octanol–water partition coefficient (Wildman–Crippen LogP) is -2.21. The van der Waals surface area contributed by atoms with Gasteiger partial charge < -0.3 is 30.3 Å². The molecule has 6 N–H and O–H groups in total. The van der Waals surface area contributed by atoms with Crippen LogP contribution in [-0.4, -0.2) is 48.2 Å². The first-order chi connectivity index (χ1) is 13.8. The van der Waals surface area contributed by atoms with Gasteiger partial charge >= 0.3 is 13.5 Å². The topological polar surface area (TPSA) is 226 Å². The van der Waals surface area contributed by atoms with Gasteiger partial charge in [0.05, 0.1) is 19.8 Å². The second-order valence-electron chi connectivity index (χ2n) is 6.44. The summed E-state index contributed by atoms with van der Waals surface area (Å²) in [4.78, 5) is 47.1. The number of H-pyrrole nitrogens is 1. The Morgan fingerprint density at radius 3 is 2.80 bits per heavy atom. The van der Waals surface area contributed by atoms with Gasteiger partial charge in [-0.15, -0.1) is 6.58 Å². The van der Waals surface area contributed by atoms with Crippen LogP contribution in [0.1, 0.15) is 6.23 Å². The molecule has 3 heterocycles. The Morgan fingerprint density at radius 2 is 2.20 bits per heavy atom. The SMILES string of the molecule is C=C[C@@H]1C(COP(=O)(O)OP(=O)([O-])O)O[C@@H]([n+]2cn(C)c3c(=O)[nH]c(N)nc32)[C@@H]1O. The average Bonchev–Trinajstić information content (AvgIpc) is 3.07. The summed E-state index contributed by atoms with van der Waals surface area (Å²) in [5.74, 6) is -0.991. The van der Waals surface area contributed by atoms with E-state index in [1.165, 1.54) is 21.5 Å². The fourth-order valence-electron chi connectivity index (χ4n) is 3.21. The molecule has 3 rings (SSSR count). The molecule has 1 saturated heterocycles. The molecule has 6 atom stereocenters. The molecule has 0 saturated carbocycles. The maximum Gasteiger partial charge on any atom is 0.478 e. The Balaban J connectivity index is 1.88. The van der Waals surface area contributed by atoms with Crippen LogP contribution >= 0.6 is 15.6 Å². The summed E-state index contributed by atoms with van der Waals surface area (Å²) in [6.45, 7) is 2.88. The van der Waals surface area contributed by atoms with Crippen LogP contribution in [0.2, 0.25) is 0 Å². The van der Waals surface area contributed by atoms with Crippen molar-refractivity contribution in [3.8, 4) is 0 Å². The van der Waals surface area contributed by atoms with Crippen molar-refractivity contribution in [2.75, 3.05) is 12.3 Å². The summed E-state index contributed by atoms with van der Waals surface area (Å²) in [5.41, 5.74) is 5.33. The van der Waals surface area contributed by atoms with Gasteiger partial charge in [0.15, 0.2) is 6.33 Å². The van der Waals surface area contributed by atoms with E-state index in [1.807, 2.05) is 0 Å². The minimum atomic E-state index is -5.53. The number of nitrogens with one attached hydrogen (secondary N) is 1. The quantitative estimate of drug-likeness (QED) is 0.166. The minimum Gasteiger partial charge on any atom is -0.756 e. The second kappa shape index (κ2) is 7.96. The van der Waals surface area contributed by atoms with Gasteiger partial charge in [-0.2, -0.15) is 0 Å². The monoisotopic (exact) mass is 467 g/mol. The van der Waals surface area contributed by atoms with E-state index in [4.69, 9.17) is 15.4 Å². The molecule has 1 aliphatic rings. The van der Waals surface area contributed by atoms with E-state index in [1.54, 1.807) is 7.05 Å². The van der Waals surface area contributed by atoms with Crippen molar-refractivity contribution in [2.24, 2.45) is 13.0 Å². The zero-order chi connectivity index (χ0) is 22.4. The summed E-state index contributed by atoms with van der Waals surface area (Å²) in [5, 5.41) is 10.7. The molecule has 2 aromatic heterocycles. The van der Waals surface area contributed by atoms with Crippen LogP contribution in [0.5, 0.6) is 0 Å². The smallest absolute Gasteiger partial charge is 0.478 e. The normalized spacial score (nSPS) is 28.3. The van der Waals surface area contributed by atoms with Gasteiger partial charge in [-0.3, -0.25) is 23.4 Å². The van der Waals surface area contributed by atoms with Crippen molar-refractivity contribution < 1.29 is 47.1 Å². The molecule has 0 amide bonds. The van der Waals surface area contributed by atoms with Gasteiger partial charge in [0.25, 0.3) is 19.3 Å². The number of phosphoric acid groups is 2. The third-order valence-corrected chi connectivity index (χ3v) is 6.50. The molecule has 0 spiro atoms. The van der Waals surface area contributed by atoms with E-state index in [-0.39, 0.29) is 17.1 Å². The highest BCUT2D eigenvalue weighted by Crippen LogP contribution is 2.55. The van der Waals surface area contributed by atoms with Crippen LogP contribution in [0.25, 0.3) is 11.2 Å². The van der Waals surface area contributed by atoms with Crippen molar-refractivity contribution in [1.82, 2.24) is 14.5 Å². The molecule has 2 aromatic rings. The molecule has 3 unspecified atom stereocenters. The molecule has 1 aliphatic heterocycles.